The Bertz CT molecular complexity index is 216. The molecular weight excluding hydrogens is 162 g/mol. The van der Waals surface area contributed by atoms with E-state index in [9.17, 15) is 0 Å². The van der Waals surface area contributed by atoms with Gasteiger partial charge >= 0.3 is 0 Å². The molecule has 3 nitrogen and oxygen atoms in total. The molecule has 1 N–H and O–H groups in total. The van der Waals surface area contributed by atoms with Gasteiger partial charge in [-0.25, -0.2) is 0 Å². The summed E-state index contributed by atoms with van der Waals surface area (Å²) >= 11 is 0. The minimum absolute atomic E-state index is 1.05. The number of aryl methyl sites for hydroxylation is 1. The summed E-state index contributed by atoms with van der Waals surface area (Å²) in [5.74, 6) is 0. The summed E-state index contributed by atoms with van der Waals surface area (Å²) in [5.41, 5.74) is 1.07. The molecule has 0 aliphatic rings. The number of unbranched alkanes of at least 4 members (excludes halogenated alkanes) is 4. The van der Waals surface area contributed by atoms with Crippen LogP contribution in [0, 0.1) is 0 Å². The largest absolute Gasteiger partial charge is 0.265 e. The Labute approximate surface area is 79.2 Å². The lowest BCUT2D eigenvalue weighted by Gasteiger charge is -1.96. The van der Waals surface area contributed by atoms with Crippen LogP contribution in [0.3, 0.4) is 0 Å². The van der Waals surface area contributed by atoms with Crippen molar-refractivity contribution in [3.8, 4) is 0 Å². The van der Waals surface area contributed by atoms with Crippen LogP contribution in [0.5, 0.6) is 0 Å². The Morgan fingerprint density at radius 2 is 2.15 bits per heavy atom. The van der Waals surface area contributed by atoms with Gasteiger partial charge in [-0.2, -0.15) is 0 Å². The second kappa shape index (κ2) is 6.40. The van der Waals surface area contributed by atoms with Crippen LogP contribution in [0.2, 0.25) is 0 Å². The fraction of sp³-hybridized carbons (Fsp3) is 0.600. The average Bonchev–Trinajstić information content (AvgIpc) is 2.63. The van der Waals surface area contributed by atoms with Crippen LogP contribution in [0.1, 0.15) is 37.8 Å². The van der Waals surface area contributed by atoms with Crippen LogP contribution in [0.4, 0.5) is 0 Å². The Kier molecular flexibility index (Phi) is 4.91. The van der Waals surface area contributed by atoms with Crippen LogP contribution in [0.25, 0.3) is 0 Å². The Balaban J connectivity index is 1.93. The molecule has 0 aliphatic carbocycles. The highest BCUT2D eigenvalue weighted by atomic mass is 15.3. The summed E-state index contributed by atoms with van der Waals surface area (Å²) < 4.78 is 0. The van der Waals surface area contributed by atoms with E-state index in [4.69, 9.17) is 0 Å². The fourth-order valence-electron chi connectivity index (χ4n) is 1.30. The number of nitrogens with zero attached hydrogens (tertiary/aromatic N) is 2. The summed E-state index contributed by atoms with van der Waals surface area (Å²) in [6.45, 7) is 3.70. The van der Waals surface area contributed by atoms with E-state index in [1.807, 2.05) is 12.3 Å². The van der Waals surface area contributed by atoms with Crippen LogP contribution in [0.15, 0.2) is 18.9 Å². The molecule has 1 heterocycles. The van der Waals surface area contributed by atoms with Crippen LogP contribution in [-0.4, -0.2) is 15.4 Å². The van der Waals surface area contributed by atoms with Crippen molar-refractivity contribution in [2.45, 2.75) is 38.5 Å². The third-order valence-electron chi connectivity index (χ3n) is 2.06. The number of hydrogen-bond donors (Lipinski definition) is 1. The number of aromatic nitrogens is 3. The van der Waals surface area contributed by atoms with E-state index in [1.165, 1.54) is 25.7 Å². The highest BCUT2D eigenvalue weighted by molar-refractivity contribution is 4.89. The summed E-state index contributed by atoms with van der Waals surface area (Å²) in [5, 5.41) is 10.3. The van der Waals surface area contributed by atoms with Gasteiger partial charge in [0, 0.05) is 6.20 Å². The van der Waals surface area contributed by atoms with E-state index >= 15 is 0 Å². The quantitative estimate of drug-likeness (QED) is 0.516. The lowest BCUT2D eigenvalue weighted by atomic mass is 10.1. The van der Waals surface area contributed by atoms with E-state index in [0.717, 1.165) is 18.5 Å². The van der Waals surface area contributed by atoms with E-state index in [0.29, 0.717) is 0 Å². The minimum atomic E-state index is 1.05. The van der Waals surface area contributed by atoms with Crippen molar-refractivity contribution in [3.05, 3.63) is 24.5 Å². The van der Waals surface area contributed by atoms with Gasteiger partial charge in [-0.3, -0.25) is 5.10 Å². The van der Waals surface area contributed by atoms with Crippen molar-refractivity contribution < 1.29 is 0 Å². The first-order valence-electron chi connectivity index (χ1n) is 4.89. The van der Waals surface area contributed by atoms with Gasteiger partial charge in [-0.1, -0.05) is 24.1 Å². The molecule has 0 atom stereocenters. The van der Waals surface area contributed by atoms with Gasteiger partial charge in [0.25, 0.3) is 0 Å². The summed E-state index contributed by atoms with van der Waals surface area (Å²) in [4.78, 5) is 0. The van der Waals surface area contributed by atoms with E-state index < -0.39 is 0 Å². The van der Waals surface area contributed by atoms with Gasteiger partial charge in [0.15, 0.2) is 0 Å². The van der Waals surface area contributed by atoms with Crippen LogP contribution in [-0.2, 0) is 6.42 Å². The van der Waals surface area contributed by atoms with E-state index in [1.54, 1.807) is 0 Å². The zero-order valence-corrected chi connectivity index (χ0v) is 8.00. The molecule has 0 aromatic carbocycles. The molecule has 0 aliphatic heterocycles. The van der Waals surface area contributed by atoms with Gasteiger partial charge in [-0.15, -0.1) is 11.7 Å². The summed E-state index contributed by atoms with van der Waals surface area (Å²) in [7, 11) is 0. The molecule has 0 unspecified atom stereocenters. The number of aromatic amines is 1. The van der Waals surface area contributed by atoms with Gasteiger partial charge in [0.05, 0.1) is 5.69 Å². The molecule has 13 heavy (non-hydrogen) atoms. The maximum Gasteiger partial charge on any atom is 0.0824 e. The number of hydrogen-bond acceptors (Lipinski definition) is 2. The normalized spacial score (nSPS) is 10.2. The van der Waals surface area contributed by atoms with Crippen LogP contribution >= 0.6 is 0 Å². The molecule has 0 fully saturated rings. The molecule has 0 bridgehead atoms. The van der Waals surface area contributed by atoms with Gasteiger partial charge < -0.3 is 0 Å². The summed E-state index contributed by atoms with van der Waals surface area (Å²) in [6, 6.07) is 0. The van der Waals surface area contributed by atoms with Crippen molar-refractivity contribution in [3.63, 3.8) is 0 Å². The smallest absolute Gasteiger partial charge is 0.0824 e. The molecule has 0 radical (unpaired) electrons. The predicted octanol–water partition coefficient (Wildman–Crippen LogP) is 2.48. The van der Waals surface area contributed by atoms with Crippen molar-refractivity contribution in [2.75, 3.05) is 0 Å². The van der Waals surface area contributed by atoms with Crippen LogP contribution < -0.4 is 0 Å². The topological polar surface area (TPSA) is 41.6 Å². The van der Waals surface area contributed by atoms with E-state index in [-0.39, 0.29) is 0 Å². The van der Waals surface area contributed by atoms with Gasteiger partial charge in [-0.05, 0) is 25.7 Å². The molecule has 0 spiro atoms. The number of nitrogens with one attached hydrogen (secondary N) is 1. The monoisotopic (exact) mass is 179 g/mol. The zero-order chi connectivity index (χ0) is 9.36. The second-order valence-electron chi connectivity index (χ2n) is 3.21. The zero-order valence-electron chi connectivity index (χ0n) is 8.00. The number of H-pyrrole nitrogens is 1. The molecule has 3 heteroatoms. The first kappa shape index (κ1) is 9.96. The van der Waals surface area contributed by atoms with Gasteiger partial charge in [0.2, 0.25) is 0 Å². The molecule has 1 aromatic rings. The van der Waals surface area contributed by atoms with Crippen molar-refractivity contribution >= 4 is 0 Å². The molecule has 0 amide bonds. The average molecular weight is 179 g/mol. The van der Waals surface area contributed by atoms with Crippen molar-refractivity contribution in [1.82, 2.24) is 15.4 Å². The number of allylic oxidation sites excluding steroid dienone is 1. The lowest BCUT2D eigenvalue weighted by Crippen LogP contribution is -1.86. The Morgan fingerprint density at radius 1 is 1.31 bits per heavy atom. The lowest BCUT2D eigenvalue weighted by molar-refractivity contribution is 0.641. The first-order valence-corrected chi connectivity index (χ1v) is 4.89. The fourth-order valence-corrected chi connectivity index (χ4v) is 1.30. The third-order valence-corrected chi connectivity index (χ3v) is 2.06. The predicted molar refractivity (Wildman–Crippen MR) is 53.4 cm³/mol. The standard InChI is InChI=1S/C10H17N3/c1-2-3-4-5-6-7-8-10-9-11-13-12-10/h2,9H,1,3-8H2,(H,11,12,13). The van der Waals surface area contributed by atoms with Crippen molar-refractivity contribution in [1.29, 1.82) is 0 Å². The molecule has 72 valence electrons. The highest BCUT2D eigenvalue weighted by Crippen LogP contribution is 2.06. The Morgan fingerprint density at radius 3 is 2.85 bits per heavy atom. The molecule has 0 saturated carbocycles. The second-order valence-corrected chi connectivity index (χ2v) is 3.21. The molecule has 0 saturated heterocycles. The molecule has 1 rings (SSSR count). The third kappa shape index (κ3) is 4.45. The molecular formula is C10H17N3. The van der Waals surface area contributed by atoms with Gasteiger partial charge in [0.1, 0.15) is 0 Å². The van der Waals surface area contributed by atoms with E-state index in [2.05, 4.69) is 22.0 Å². The first-order chi connectivity index (χ1) is 6.43. The minimum Gasteiger partial charge on any atom is -0.265 e. The maximum atomic E-state index is 3.93. The number of rotatable bonds is 7. The van der Waals surface area contributed by atoms with Crippen molar-refractivity contribution in [2.24, 2.45) is 0 Å². The molecule has 1 aromatic heterocycles. The Hall–Kier alpha value is -1.12. The SMILES string of the molecule is C=CCCCCCCc1c[nH]nn1. The maximum absolute atomic E-state index is 3.93. The summed E-state index contributed by atoms with van der Waals surface area (Å²) in [6.07, 6.45) is 11.1. The highest BCUT2D eigenvalue weighted by Gasteiger charge is 1.95.